The second-order valence-electron chi connectivity index (χ2n) is 12.3. The number of ether oxygens (including phenoxy) is 5. The molecule has 0 radical (unpaired) electrons. The standard InChI is InChI=1S/C21H17Cl2N5O4.C19H15Cl2N5O3/c1-4-32-21(29)18-27-26-17(11-8-6-5-7-9-11)28(18)16-14(23)12(22)10-13-15(16)25-20(31-3)19(24-13)30-2;1-28-18-19(29-2)23-15-12(22-18)8-11(20)14(21)16(15)26-13(9-27)24-25-17(26)10-6-4-3-5-7-10/h5-10H,4H2,1-3H3;3-8,27H,9H2,1-2H3. The van der Waals surface area contributed by atoms with Gasteiger partial charge in [0.2, 0.25) is 5.82 Å². The van der Waals surface area contributed by atoms with Crippen LogP contribution in [0.5, 0.6) is 23.5 Å². The quantitative estimate of drug-likeness (QED) is 0.122. The molecule has 0 saturated carbocycles. The first-order valence-electron chi connectivity index (χ1n) is 17.9. The smallest absolute Gasteiger partial charge is 0.376 e. The number of hydrogen-bond acceptors (Lipinski definition) is 15. The van der Waals surface area contributed by atoms with E-state index in [1.165, 1.54) is 33.0 Å². The summed E-state index contributed by atoms with van der Waals surface area (Å²) in [5.74, 6) is 0.998. The Hall–Kier alpha value is -6.37. The first-order chi connectivity index (χ1) is 29.6. The molecule has 0 saturated heterocycles. The molecule has 8 aromatic rings. The van der Waals surface area contributed by atoms with Gasteiger partial charge >= 0.3 is 5.97 Å². The number of methoxy groups -OCH3 is 4. The van der Waals surface area contributed by atoms with Crippen LogP contribution in [0.2, 0.25) is 20.1 Å². The number of esters is 1. The molecule has 0 unspecified atom stereocenters. The van der Waals surface area contributed by atoms with Crippen molar-refractivity contribution < 1.29 is 33.6 Å². The molecule has 0 aliphatic rings. The monoisotopic (exact) mass is 904 g/mol. The Balaban J connectivity index is 0.000000185. The molecule has 0 aliphatic heterocycles. The van der Waals surface area contributed by atoms with Crippen molar-refractivity contribution in [1.82, 2.24) is 49.5 Å². The molecule has 0 fully saturated rings. The van der Waals surface area contributed by atoms with E-state index in [9.17, 15) is 9.90 Å². The lowest BCUT2D eigenvalue weighted by Crippen LogP contribution is -2.14. The Bertz CT molecular complexity index is 2900. The van der Waals surface area contributed by atoms with Gasteiger partial charge < -0.3 is 28.8 Å². The summed E-state index contributed by atoms with van der Waals surface area (Å²) in [5.41, 5.74) is 3.61. The predicted octanol–water partition coefficient (Wildman–Crippen LogP) is 8.07. The summed E-state index contributed by atoms with van der Waals surface area (Å²) in [6.07, 6.45) is 0. The molecule has 8 rings (SSSR count). The maximum atomic E-state index is 12.7. The van der Waals surface area contributed by atoms with Gasteiger partial charge in [-0.2, -0.15) is 0 Å². The van der Waals surface area contributed by atoms with Crippen LogP contribution in [0.15, 0.2) is 72.8 Å². The number of halogens is 4. The van der Waals surface area contributed by atoms with Gasteiger partial charge in [-0.25, -0.2) is 24.7 Å². The van der Waals surface area contributed by atoms with Crippen LogP contribution in [-0.2, 0) is 11.3 Å². The van der Waals surface area contributed by atoms with Crippen LogP contribution in [0.1, 0.15) is 23.4 Å². The fourth-order valence-electron chi connectivity index (χ4n) is 6.15. The molecular formula is C40H32Cl4N10O7. The van der Waals surface area contributed by atoms with Crippen molar-refractivity contribution >= 4 is 74.4 Å². The minimum atomic E-state index is -0.681. The van der Waals surface area contributed by atoms with Gasteiger partial charge in [0.05, 0.1) is 77.5 Å². The summed E-state index contributed by atoms with van der Waals surface area (Å²) >= 11 is 26.0. The topological polar surface area (TPSA) is 196 Å². The van der Waals surface area contributed by atoms with E-state index >= 15 is 0 Å². The molecule has 312 valence electrons. The summed E-state index contributed by atoms with van der Waals surface area (Å²) < 4.78 is 29.4. The average molecular weight is 907 g/mol. The van der Waals surface area contributed by atoms with E-state index in [4.69, 9.17) is 70.1 Å². The maximum Gasteiger partial charge on any atom is 0.376 e. The number of rotatable bonds is 11. The van der Waals surface area contributed by atoms with Gasteiger partial charge in [0.25, 0.3) is 23.5 Å². The van der Waals surface area contributed by atoms with E-state index in [1.807, 2.05) is 60.7 Å². The fourth-order valence-corrected chi connectivity index (χ4v) is 6.99. The molecule has 17 nitrogen and oxygen atoms in total. The Kier molecular flexibility index (Phi) is 13.0. The van der Waals surface area contributed by atoms with Crippen LogP contribution < -0.4 is 18.9 Å². The first-order valence-corrected chi connectivity index (χ1v) is 19.4. The Morgan fingerprint density at radius 1 is 0.607 bits per heavy atom. The van der Waals surface area contributed by atoms with Gasteiger partial charge in [-0.05, 0) is 19.1 Å². The van der Waals surface area contributed by atoms with Crippen LogP contribution in [0.3, 0.4) is 0 Å². The highest BCUT2D eigenvalue weighted by atomic mass is 35.5. The summed E-state index contributed by atoms with van der Waals surface area (Å²) in [6.45, 7) is 1.48. The average Bonchev–Trinajstić information content (AvgIpc) is 3.92. The molecule has 0 amide bonds. The number of nitrogens with zero attached hydrogens (tertiary/aromatic N) is 10. The lowest BCUT2D eigenvalue weighted by Gasteiger charge is -2.16. The number of aliphatic hydroxyl groups is 1. The molecule has 21 heteroatoms. The molecular weight excluding hydrogens is 874 g/mol. The zero-order chi connectivity index (χ0) is 43.4. The van der Waals surface area contributed by atoms with Crippen molar-refractivity contribution in [3.8, 4) is 57.7 Å². The lowest BCUT2D eigenvalue weighted by atomic mass is 10.2. The molecule has 61 heavy (non-hydrogen) atoms. The van der Waals surface area contributed by atoms with Crippen LogP contribution >= 0.6 is 46.4 Å². The normalized spacial score (nSPS) is 11.0. The number of fused-ring (bicyclic) bond motifs is 2. The number of carbonyl (C=O) groups is 1. The number of aliphatic hydroxyl groups excluding tert-OH is 1. The SMILES string of the molecule is CCOC(=O)c1nnc(-c2ccccc2)n1-c1c(Cl)c(Cl)cc2nc(OC)c(OC)nc12.COc1nc2cc(Cl)c(Cl)c(-n3c(CO)nnc3-c3ccccc3)c2nc1OC. The Labute approximate surface area is 366 Å². The van der Waals surface area contributed by atoms with E-state index in [0.717, 1.165) is 5.56 Å². The number of carbonyl (C=O) groups excluding carboxylic acids is 1. The van der Waals surface area contributed by atoms with E-state index in [-0.39, 0.29) is 74.2 Å². The molecule has 4 aromatic carbocycles. The molecule has 0 aliphatic carbocycles. The zero-order valence-corrected chi connectivity index (χ0v) is 35.7. The second kappa shape index (κ2) is 18.5. The minimum absolute atomic E-state index is 0.0900. The first kappa shape index (κ1) is 42.7. The highest BCUT2D eigenvalue weighted by Gasteiger charge is 2.29. The third-order valence-electron chi connectivity index (χ3n) is 8.81. The third kappa shape index (κ3) is 8.13. The van der Waals surface area contributed by atoms with E-state index in [1.54, 1.807) is 23.6 Å². The highest BCUT2D eigenvalue weighted by molar-refractivity contribution is 6.45. The van der Waals surface area contributed by atoms with Crippen LogP contribution in [0.4, 0.5) is 0 Å². The highest BCUT2D eigenvalue weighted by Crippen LogP contribution is 2.41. The summed E-state index contributed by atoms with van der Waals surface area (Å²) in [7, 11) is 5.81. The number of hydrogen-bond donors (Lipinski definition) is 1. The van der Waals surface area contributed by atoms with Crippen molar-refractivity contribution in [2.75, 3.05) is 35.0 Å². The van der Waals surface area contributed by atoms with Crippen LogP contribution in [0, 0.1) is 0 Å². The third-order valence-corrected chi connectivity index (χ3v) is 10.4. The minimum Gasteiger partial charge on any atom is -0.477 e. The largest absolute Gasteiger partial charge is 0.477 e. The van der Waals surface area contributed by atoms with Crippen molar-refractivity contribution in [3.05, 3.63) is 105 Å². The van der Waals surface area contributed by atoms with Crippen LogP contribution in [-0.4, -0.2) is 95.6 Å². The summed E-state index contributed by atoms with van der Waals surface area (Å²) in [5, 5.41) is 27.3. The summed E-state index contributed by atoms with van der Waals surface area (Å²) in [4.78, 5) is 30.6. The van der Waals surface area contributed by atoms with Gasteiger partial charge in [0.15, 0.2) is 17.5 Å². The van der Waals surface area contributed by atoms with Crippen molar-refractivity contribution in [2.45, 2.75) is 13.5 Å². The van der Waals surface area contributed by atoms with Crippen LogP contribution in [0.25, 0.3) is 56.2 Å². The fraction of sp³-hybridized carbons (Fsp3) is 0.175. The zero-order valence-electron chi connectivity index (χ0n) is 32.7. The van der Waals surface area contributed by atoms with Crippen molar-refractivity contribution in [2.24, 2.45) is 0 Å². The van der Waals surface area contributed by atoms with E-state index in [2.05, 4.69) is 40.3 Å². The predicted molar refractivity (Wildman–Crippen MR) is 228 cm³/mol. The van der Waals surface area contributed by atoms with Crippen molar-refractivity contribution in [3.63, 3.8) is 0 Å². The second-order valence-corrected chi connectivity index (χ2v) is 13.9. The number of aromatic nitrogens is 10. The van der Waals surface area contributed by atoms with E-state index in [0.29, 0.717) is 45.0 Å². The Morgan fingerprint density at radius 3 is 1.48 bits per heavy atom. The Morgan fingerprint density at radius 2 is 1.03 bits per heavy atom. The van der Waals surface area contributed by atoms with Gasteiger partial charge in [0, 0.05) is 11.1 Å². The van der Waals surface area contributed by atoms with E-state index < -0.39 is 5.97 Å². The van der Waals surface area contributed by atoms with Gasteiger partial charge in [-0.15, -0.1) is 20.4 Å². The maximum absolute atomic E-state index is 12.7. The summed E-state index contributed by atoms with van der Waals surface area (Å²) in [6, 6.07) is 21.7. The molecule has 0 bridgehead atoms. The number of benzene rings is 4. The van der Waals surface area contributed by atoms with Gasteiger partial charge in [-0.1, -0.05) is 107 Å². The van der Waals surface area contributed by atoms with Gasteiger partial charge in [-0.3, -0.25) is 9.13 Å². The molecule has 4 heterocycles. The molecule has 0 atom stereocenters. The molecule has 1 N–H and O–H groups in total. The molecule has 0 spiro atoms. The van der Waals surface area contributed by atoms with Crippen molar-refractivity contribution in [1.29, 1.82) is 0 Å². The van der Waals surface area contributed by atoms with Gasteiger partial charge in [0.1, 0.15) is 17.6 Å². The lowest BCUT2D eigenvalue weighted by molar-refractivity contribution is 0.0509. The molecule has 4 aromatic heterocycles.